The molecule has 21 heavy (non-hydrogen) atoms. The van der Waals surface area contributed by atoms with Gasteiger partial charge in [-0.2, -0.15) is 0 Å². The van der Waals surface area contributed by atoms with Crippen molar-refractivity contribution in [2.75, 3.05) is 21.3 Å². The maximum Gasteiger partial charge on any atom is 0.160 e. The summed E-state index contributed by atoms with van der Waals surface area (Å²) >= 11 is 0. The molecule has 1 aromatic carbocycles. The predicted octanol–water partition coefficient (Wildman–Crippen LogP) is 4.20. The van der Waals surface area contributed by atoms with Crippen LogP contribution in [-0.4, -0.2) is 27.6 Å². The van der Waals surface area contributed by atoms with E-state index in [4.69, 9.17) is 14.2 Å². The van der Waals surface area contributed by atoms with Gasteiger partial charge in [-0.15, -0.1) is 0 Å². The molecule has 0 aliphatic heterocycles. The van der Waals surface area contributed by atoms with Crippen LogP contribution in [0.2, 0.25) is 0 Å². The molecule has 0 saturated heterocycles. The molecular formula is C18H26O3. The van der Waals surface area contributed by atoms with Gasteiger partial charge in [0.15, 0.2) is 6.29 Å². The summed E-state index contributed by atoms with van der Waals surface area (Å²) in [7, 11) is 4.97. The molecule has 1 rings (SSSR count). The van der Waals surface area contributed by atoms with Gasteiger partial charge < -0.3 is 14.2 Å². The molecule has 1 aromatic rings. The Balaban J connectivity index is 2.95. The highest BCUT2D eigenvalue weighted by Crippen LogP contribution is 2.28. The van der Waals surface area contributed by atoms with Crippen LogP contribution in [0.5, 0.6) is 5.75 Å². The number of hydrogen-bond donors (Lipinski definition) is 0. The molecule has 0 saturated carbocycles. The molecule has 0 fully saturated rings. The molecule has 0 spiro atoms. The Kier molecular flexibility index (Phi) is 6.66. The summed E-state index contributed by atoms with van der Waals surface area (Å²) < 4.78 is 15.8. The third kappa shape index (κ3) is 4.45. The van der Waals surface area contributed by atoms with E-state index < -0.39 is 0 Å². The Morgan fingerprint density at radius 1 is 1.14 bits per heavy atom. The highest BCUT2D eigenvalue weighted by molar-refractivity contribution is 5.64. The molecular weight excluding hydrogens is 264 g/mol. The zero-order valence-corrected chi connectivity index (χ0v) is 13.9. The molecule has 3 heteroatoms. The zero-order chi connectivity index (χ0) is 16.0. The molecule has 0 aliphatic rings. The summed E-state index contributed by atoms with van der Waals surface area (Å²) in [6.45, 7) is 10.3. The van der Waals surface area contributed by atoms with Gasteiger partial charge >= 0.3 is 0 Å². The van der Waals surface area contributed by atoms with Crippen LogP contribution in [0.25, 0.3) is 6.08 Å². The normalized spacial score (nSPS) is 11.4. The molecule has 0 radical (unpaired) electrons. The van der Waals surface area contributed by atoms with Gasteiger partial charge in [0, 0.05) is 20.6 Å². The lowest BCUT2D eigenvalue weighted by molar-refractivity contribution is -0.0996. The van der Waals surface area contributed by atoms with Gasteiger partial charge in [0.1, 0.15) is 5.75 Å². The second kappa shape index (κ2) is 8.01. The van der Waals surface area contributed by atoms with E-state index in [1.165, 1.54) is 22.3 Å². The summed E-state index contributed by atoms with van der Waals surface area (Å²) in [4.78, 5) is 0. The SMILES string of the molecule is C=C(/C=C/c1c(C)cc(OC)c(C)c1C)CC(OC)OC. The van der Waals surface area contributed by atoms with Gasteiger partial charge in [0.05, 0.1) is 7.11 Å². The van der Waals surface area contributed by atoms with Crippen LogP contribution in [0.4, 0.5) is 0 Å². The summed E-state index contributed by atoms with van der Waals surface area (Å²) in [5.74, 6) is 0.930. The van der Waals surface area contributed by atoms with E-state index in [1.54, 1.807) is 21.3 Å². The van der Waals surface area contributed by atoms with Crippen LogP contribution < -0.4 is 4.74 Å². The fourth-order valence-corrected chi connectivity index (χ4v) is 2.28. The molecule has 0 heterocycles. The van der Waals surface area contributed by atoms with Crippen LogP contribution in [0, 0.1) is 20.8 Å². The first-order valence-electron chi connectivity index (χ1n) is 7.00. The van der Waals surface area contributed by atoms with Crippen LogP contribution in [0.3, 0.4) is 0 Å². The van der Waals surface area contributed by atoms with Crippen molar-refractivity contribution in [1.82, 2.24) is 0 Å². The minimum atomic E-state index is -0.248. The van der Waals surface area contributed by atoms with Crippen molar-refractivity contribution in [3.63, 3.8) is 0 Å². The van der Waals surface area contributed by atoms with Crippen LogP contribution in [0.1, 0.15) is 28.7 Å². The number of aryl methyl sites for hydroxylation is 1. The lowest BCUT2D eigenvalue weighted by Gasteiger charge is -2.15. The number of ether oxygens (including phenoxy) is 3. The number of rotatable bonds is 7. The first kappa shape index (κ1) is 17.5. The van der Waals surface area contributed by atoms with Gasteiger partial charge in [-0.05, 0) is 49.1 Å². The summed E-state index contributed by atoms with van der Waals surface area (Å²) in [6, 6.07) is 2.07. The molecule has 3 nitrogen and oxygen atoms in total. The van der Waals surface area contributed by atoms with Gasteiger partial charge in [-0.1, -0.05) is 24.3 Å². The van der Waals surface area contributed by atoms with Crippen molar-refractivity contribution in [1.29, 1.82) is 0 Å². The van der Waals surface area contributed by atoms with Crippen molar-refractivity contribution in [3.05, 3.63) is 46.5 Å². The van der Waals surface area contributed by atoms with Crippen molar-refractivity contribution in [2.24, 2.45) is 0 Å². The van der Waals surface area contributed by atoms with E-state index >= 15 is 0 Å². The Bertz CT molecular complexity index is 526. The molecule has 0 bridgehead atoms. The zero-order valence-electron chi connectivity index (χ0n) is 13.9. The maximum atomic E-state index is 5.39. The summed E-state index contributed by atoms with van der Waals surface area (Å²) in [5.41, 5.74) is 5.76. The van der Waals surface area contributed by atoms with Crippen molar-refractivity contribution < 1.29 is 14.2 Å². The van der Waals surface area contributed by atoms with E-state index in [1.807, 2.05) is 6.08 Å². The molecule has 0 N–H and O–H groups in total. The lowest BCUT2D eigenvalue weighted by Crippen LogP contribution is -2.12. The van der Waals surface area contributed by atoms with E-state index in [9.17, 15) is 0 Å². The number of hydrogen-bond acceptors (Lipinski definition) is 3. The standard InChI is InChI=1S/C18H26O3/c1-12(10-18(20-6)21-7)8-9-16-13(2)11-17(19-5)15(4)14(16)3/h8-9,11,18H,1,10H2,2-7H3/b9-8+. The monoisotopic (exact) mass is 290 g/mol. The predicted molar refractivity (Wildman–Crippen MR) is 87.8 cm³/mol. The van der Waals surface area contributed by atoms with Crippen LogP contribution in [0.15, 0.2) is 24.3 Å². The second-order valence-electron chi connectivity index (χ2n) is 5.16. The first-order chi connectivity index (χ1) is 9.94. The topological polar surface area (TPSA) is 27.7 Å². The van der Waals surface area contributed by atoms with E-state index in [2.05, 4.69) is 39.5 Å². The molecule has 0 unspecified atom stereocenters. The second-order valence-corrected chi connectivity index (χ2v) is 5.16. The van der Waals surface area contributed by atoms with Gasteiger partial charge in [-0.3, -0.25) is 0 Å². The van der Waals surface area contributed by atoms with E-state index in [0.29, 0.717) is 6.42 Å². The first-order valence-corrected chi connectivity index (χ1v) is 7.00. The van der Waals surface area contributed by atoms with Crippen LogP contribution >= 0.6 is 0 Å². The fraction of sp³-hybridized carbons (Fsp3) is 0.444. The Morgan fingerprint density at radius 3 is 2.29 bits per heavy atom. The number of benzene rings is 1. The molecule has 0 atom stereocenters. The number of methoxy groups -OCH3 is 3. The average molecular weight is 290 g/mol. The van der Waals surface area contributed by atoms with Gasteiger partial charge in [0.2, 0.25) is 0 Å². The summed E-state index contributed by atoms with van der Waals surface area (Å²) in [5, 5.41) is 0. The third-order valence-electron chi connectivity index (χ3n) is 3.77. The minimum absolute atomic E-state index is 0.248. The lowest BCUT2D eigenvalue weighted by atomic mass is 9.96. The largest absolute Gasteiger partial charge is 0.496 e. The molecule has 0 aliphatic carbocycles. The third-order valence-corrected chi connectivity index (χ3v) is 3.77. The Morgan fingerprint density at radius 2 is 1.76 bits per heavy atom. The van der Waals surface area contributed by atoms with E-state index in [0.717, 1.165) is 11.3 Å². The summed E-state index contributed by atoms with van der Waals surface area (Å²) in [6.07, 6.45) is 4.52. The van der Waals surface area contributed by atoms with Gasteiger partial charge in [0.25, 0.3) is 0 Å². The Hall–Kier alpha value is -1.58. The van der Waals surface area contributed by atoms with E-state index in [-0.39, 0.29) is 6.29 Å². The molecule has 0 aromatic heterocycles. The van der Waals surface area contributed by atoms with Crippen molar-refractivity contribution in [3.8, 4) is 5.75 Å². The fourth-order valence-electron chi connectivity index (χ4n) is 2.28. The van der Waals surface area contributed by atoms with Crippen LogP contribution in [-0.2, 0) is 9.47 Å². The van der Waals surface area contributed by atoms with Crippen molar-refractivity contribution >= 4 is 6.08 Å². The highest BCUT2D eigenvalue weighted by atomic mass is 16.7. The minimum Gasteiger partial charge on any atom is -0.496 e. The average Bonchev–Trinajstić information content (AvgIpc) is 2.48. The maximum absolute atomic E-state index is 5.39. The molecule has 116 valence electrons. The smallest absolute Gasteiger partial charge is 0.160 e. The van der Waals surface area contributed by atoms with Crippen molar-refractivity contribution in [2.45, 2.75) is 33.5 Å². The quantitative estimate of drug-likeness (QED) is 0.556. The Labute approximate surface area is 128 Å². The number of allylic oxidation sites excluding steroid dienone is 1. The molecule has 0 amide bonds. The highest BCUT2D eigenvalue weighted by Gasteiger charge is 2.09. The van der Waals surface area contributed by atoms with Gasteiger partial charge in [-0.25, -0.2) is 0 Å².